The molecule has 2 aromatic rings. The number of hydrogen-bond donors (Lipinski definition) is 0. The maximum Gasteiger partial charge on any atom is 0.233 e. The summed E-state index contributed by atoms with van der Waals surface area (Å²) < 4.78 is 5.29. The topological polar surface area (TPSA) is 58.6 Å². The number of fused-ring (bicyclic) bond motifs is 2. The third-order valence-electron chi connectivity index (χ3n) is 7.29. The van der Waals surface area contributed by atoms with Crippen molar-refractivity contribution in [1.29, 1.82) is 0 Å². The lowest BCUT2D eigenvalue weighted by atomic mass is 9.77. The van der Waals surface area contributed by atoms with E-state index in [1.54, 1.807) is 7.11 Å². The van der Waals surface area contributed by atoms with Crippen molar-refractivity contribution in [3.63, 3.8) is 0 Å². The Balaban J connectivity index is 1.42. The van der Waals surface area contributed by atoms with Crippen LogP contribution in [-0.2, 0) is 22.0 Å². The molecule has 6 nitrogen and oxygen atoms in total. The van der Waals surface area contributed by atoms with E-state index in [2.05, 4.69) is 22.0 Å². The molecule has 1 aromatic carbocycles. The lowest BCUT2D eigenvalue weighted by Gasteiger charge is -2.42. The van der Waals surface area contributed by atoms with Crippen LogP contribution < -0.4 is 9.64 Å². The summed E-state index contributed by atoms with van der Waals surface area (Å²) in [5.74, 6) is 1.88. The second-order valence-corrected chi connectivity index (χ2v) is 9.36. The number of methoxy groups -OCH3 is 1. The van der Waals surface area contributed by atoms with Crippen LogP contribution in [0, 0.1) is 0 Å². The lowest BCUT2D eigenvalue weighted by Crippen LogP contribution is -2.51. The first kappa shape index (κ1) is 19.3. The average molecular weight is 407 g/mol. The second-order valence-electron chi connectivity index (χ2n) is 9.36. The number of nitrogens with zero attached hydrogens (tertiary/aromatic N) is 4. The summed E-state index contributed by atoms with van der Waals surface area (Å²) in [4.78, 5) is 27.3. The van der Waals surface area contributed by atoms with E-state index in [0.29, 0.717) is 5.91 Å². The minimum atomic E-state index is -0.341. The van der Waals surface area contributed by atoms with Crippen molar-refractivity contribution in [1.82, 2.24) is 14.9 Å². The number of aryl methyl sites for hydroxylation is 1. The fourth-order valence-corrected chi connectivity index (χ4v) is 5.41. The number of anilines is 1. The summed E-state index contributed by atoms with van der Waals surface area (Å²) in [6.07, 6.45) is 8.07. The van der Waals surface area contributed by atoms with E-state index in [1.165, 1.54) is 11.3 Å². The monoisotopic (exact) mass is 406 g/mol. The maximum absolute atomic E-state index is 13.7. The quantitative estimate of drug-likeness (QED) is 0.781. The first-order chi connectivity index (χ1) is 14.5. The van der Waals surface area contributed by atoms with Gasteiger partial charge in [0, 0.05) is 38.8 Å². The highest BCUT2D eigenvalue weighted by molar-refractivity contribution is 5.91. The van der Waals surface area contributed by atoms with Crippen molar-refractivity contribution in [2.45, 2.75) is 49.4 Å². The highest BCUT2D eigenvalue weighted by Crippen LogP contribution is 2.52. The van der Waals surface area contributed by atoms with Gasteiger partial charge < -0.3 is 14.5 Å². The van der Waals surface area contributed by atoms with Crippen molar-refractivity contribution in [3.05, 3.63) is 47.3 Å². The van der Waals surface area contributed by atoms with Gasteiger partial charge in [-0.2, -0.15) is 0 Å². The smallest absolute Gasteiger partial charge is 0.233 e. The molecule has 1 aromatic heterocycles. The van der Waals surface area contributed by atoms with Gasteiger partial charge in [0.05, 0.1) is 18.2 Å². The number of benzene rings is 1. The van der Waals surface area contributed by atoms with Gasteiger partial charge in [-0.3, -0.25) is 4.79 Å². The molecule has 6 heteroatoms. The molecule has 0 radical (unpaired) electrons. The molecule has 2 heterocycles. The van der Waals surface area contributed by atoms with Crippen LogP contribution in [0.15, 0.2) is 30.5 Å². The van der Waals surface area contributed by atoms with E-state index in [4.69, 9.17) is 9.72 Å². The minimum absolute atomic E-state index is 0.0209. The maximum atomic E-state index is 13.7. The van der Waals surface area contributed by atoms with Gasteiger partial charge in [0.2, 0.25) is 11.9 Å². The largest absolute Gasteiger partial charge is 0.497 e. The highest BCUT2D eigenvalue weighted by atomic mass is 16.5. The molecular formula is C24H30N4O2. The van der Waals surface area contributed by atoms with E-state index in [-0.39, 0.29) is 10.8 Å². The van der Waals surface area contributed by atoms with Crippen molar-refractivity contribution in [2.75, 3.05) is 39.2 Å². The van der Waals surface area contributed by atoms with Crippen molar-refractivity contribution < 1.29 is 9.53 Å². The Morgan fingerprint density at radius 3 is 2.57 bits per heavy atom. The van der Waals surface area contributed by atoms with Gasteiger partial charge in [0.15, 0.2) is 0 Å². The van der Waals surface area contributed by atoms with E-state index in [0.717, 1.165) is 68.9 Å². The third-order valence-corrected chi connectivity index (χ3v) is 7.29. The number of carbonyl (C=O) groups excluding carboxylic acids is 1. The van der Waals surface area contributed by atoms with Crippen LogP contribution in [0.1, 0.15) is 48.9 Å². The van der Waals surface area contributed by atoms with E-state index in [1.807, 2.05) is 37.3 Å². The van der Waals surface area contributed by atoms with Crippen LogP contribution in [-0.4, -0.2) is 55.1 Å². The van der Waals surface area contributed by atoms with Crippen molar-refractivity contribution in [2.24, 2.45) is 0 Å². The zero-order valence-electron chi connectivity index (χ0n) is 18.1. The number of carbonyl (C=O) groups is 1. The summed E-state index contributed by atoms with van der Waals surface area (Å²) in [6.45, 7) is 1.63. The summed E-state index contributed by atoms with van der Waals surface area (Å²) in [7, 11) is 5.63. The molecule has 2 fully saturated rings. The van der Waals surface area contributed by atoms with Gasteiger partial charge in [-0.25, -0.2) is 9.97 Å². The Labute approximate surface area is 178 Å². The van der Waals surface area contributed by atoms with Crippen LogP contribution in [0.2, 0.25) is 0 Å². The Bertz CT molecular complexity index is 964. The number of amides is 1. The molecule has 158 valence electrons. The van der Waals surface area contributed by atoms with Crippen LogP contribution >= 0.6 is 0 Å². The molecule has 1 saturated heterocycles. The Morgan fingerprint density at radius 1 is 1.13 bits per heavy atom. The number of likely N-dealkylation sites (tertiary alicyclic amines) is 1. The molecular weight excluding hydrogens is 376 g/mol. The van der Waals surface area contributed by atoms with Crippen LogP contribution in [0.3, 0.4) is 0 Å². The number of aromatic nitrogens is 2. The Hall–Kier alpha value is -2.63. The molecule has 5 rings (SSSR count). The molecule has 1 saturated carbocycles. The molecule has 3 aliphatic rings. The molecule has 0 N–H and O–H groups in total. The first-order valence-electron chi connectivity index (χ1n) is 11.0. The molecule has 30 heavy (non-hydrogen) atoms. The van der Waals surface area contributed by atoms with Crippen molar-refractivity contribution in [3.8, 4) is 5.75 Å². The van der Waals surface area contributed by atoms with Crippen LogP contribution in [0.5, 0.6) is 5.75 Å². The number of ether oxygens (including phenoxy) is 1. The van der Waals surface area contributed by atoms with Gasteiger partial charge in [0.25, 0.3) is 0 Å². The summed E-state index contributed by atoms with van der Waals surface area (Å²) in [6, 6.07) is 8.05. The molecule has 2 aliphatic carbocycles. The van der Waals surface area contributed by atoms with Gasteiger partial charge >= 0.3 is 0 Å². The zero-order chi connectivity index (χ0) is 20.9. The molecule has 1 aliphatic heterocycles. The van der Waals surface area contributed by atoms with Gasteiger partial charge in [-0.05, 0) is 61.8 Å². The van der Waals surface area contributed by atoms with Crippen molar-refractivity contribution >= 4 is 11.9 Å². The molecule has 1 spiro atoms. The number of rotatable bonds is 4. The fourth-order valence-electron chi connectivity index (χ4n) is 5.41. The molecule has 1 atom stereocenters. The second kappa shape index (κ2) is 6.96. The SMILES string of the molecule is COc1ccc(C2(C(=O)N3CCCC4(CCc5cnc(N(C)C)nc54)C3)CC2)cc1. The van der Waals surface area contributed by atoms with E-state index >= 15 is 0 Å². The predicted octanol–water partition coefficient (Wildman–Crippen LogP) is 3.09. The van der Waals surface area contributed by atoms with Crippen LogP contribution in [0.25, 0.3) is 0 Å². The number of piperidine rings is 1. The predicted molar refractivity (Wildman–Crippen MR) is 116 cm³/mol. The summed E-state index contributed by atoms with van der Waals surface area (Å²) >= 11 is 0. The standard InChI is InChI=1S/C24H30N4O2/c1-27(2)22-25-15-17-9-11-23(20(17)26-22)10-4-14-28(16-23)21(29)24(12-13-24)18-5-7-19(30-3)8-6-18/h5-8,15H,4,9-14,16H2,1-3H3. The van der Waals surface area contributed by atoms with E-state index < -0.39 is 0 Å². The molecule has 1 unspecified atom stereocenters. The molecule has 0 bridgehead atoms. The summed E-state index contributed by atoms with van der Waals surface area (Å²) in [5, 5.41) is 0. The van der Waals surface area contributed by atoms with Gasteiger partial charge in [0.1, 0.15) is 5.75 Å². The lowest BCUT2D eigenvalue weighted by molar-refractivity contribution is -0.136. The minimum Gasteiger partial charge on any atom is -0.497 e. The average Bonchev–Trinajstić information content (AvgIpc) is 3.52. The third kappa shape index (κ3) is 2.96. The first-order valence-corrected chi connectivity index (χ1v) is 11.0. The summed E-state index contributed by atoms with van der Waals surface area (Å²) in [5.41, 5.74) is 3.19. The zero-order valence-corrected chi connectivity index (χ0v) is 18.1. The van der Waals surface area contributed by atoms with Crippen LogP contribution in [0.4, 0.5) is 5.95 Å². The Morgan fingerprint density at radius 2 is 1.90 bits per heavy atom. The number of hydrogen-bond acceptors (Lipinski definition) is 5. The molecule has 1 amide bonds. The van der Waals surface area contributed by atoms with E-state index in [9.17, 15) is 4.79 Å². The Kier molecular flexibility index (Phi) is 4.49. The van der Waals surface area contributed by atoms with Gasteiger partial charge in [-0.1, -0.05) is 12.1 Å². The van der Waals surface area contributed by atoms with Gasteiger partial charge in [-0.15, -0.1) is 0 Å². The fraction of sp³-hybridized carbons (Fsp3) is 0.542. The highest BCUT2D eigenvalue weighted by Gasteiger charge is 2.55. The normalized spacial score (nSPS) is 23.9.